The van der Waals surface area contributed by atoms with Crippen LogP contribution in [0.15, 0.2) is 30.5 Å². The molecule has 1 saturated heterocycles. The predicted molar refractivity (Wildman–Crippen MR) is 107 cm³/mol. The molecule has 0 bridgehead atoms. The molecule has 31 heavy (non-hydrogen) atoms. The number of halogens is 3. The molecule has 2 N–H and O–H groups in total. The van der Waals surface area contributed by atoms with Gasteiger partial charge in [0.05, 0.1) is 24.2 Å². The zero-order valence-electron chi connectivity index (χ0n) is 16.7. The van der Waals surface area contributed by atoms with Gasteiger partial charge in [-0.05, 0) is 31.4 Å². The van der Waals surface area contributed by atoms with Gasteiger partial charge in [-0.2, -0.15) is 18.2 Å². The minimum Gasteiger partial charge on any atom is -0.469 e. The van der Waals surface area contributed by atoms with E-state index in [1.165, 1.54) is 0 Å². The van der Waals surface area contributed by atoms with Gasteiger partial charge in [-0.25, -0.2) is 9.97 Å². The van der Waals surface area contributed by atoms with Gasteiger partial charge in [0, 0.05) is 18.2 Å². The van der Waals surface area contributed by atoms with Crippen LogP contribution in [0, 0.1) is 0 Å². The molecule has 0 amide bonds. The van der Waals surface area contributed by atoms with Crippen LogP contribution in [0.25, 0.3) is 11.0 Å². The minimum atomic E-state index is -4.59. The molecule has 10 heteroatoms. The molecule has 3 heterocycles. The second kappa shape index (κ2) is 7.99. The molecule has 0 radical (unpaired) electrons. The Labute approximate surface area is 176 Å². The number of ether oxygens (including phenoxy) is 2. The summed E-state index contributed by atoms with van der Waals surface area (Å²) in [6, 6.07) is 7.92. The van der Waals surface area contributed by atoms with Crippen molar-refractivity contribution >= 4 is 17.0 Å². The zero-order valence-corrected chi connectivity index (χ0v) is 16.7. The number of imidazole rings is 1. The third-order valence-corrected chi connectivity index (χ3v) is 5.75. The van der Waals surface area contributed by atoms with Crippen molar-refractivity contribution in [2.75, 3.05) is 18.5 Å². The van der Waals surface area contributed by atoms with Crippen LogP contribution in [0.5, 0.6) is 5.88 Å². The average Bonchev–Trinajstić information content (AvgIpc) is 3.15. The van der Waals surface area contributed by atoms with Crippen molar-refractivity contribution in [3.63, 3.8) is 0 Å². The number of hydrogen-bond donors (Lipinski definition) is 2. The first-order chi connectivity index (χ1) is 15.0. The predicted octanol–water partition coefficient (Wildman–Crippen LogP) is 4.29. The number of hydrogen-bond acceptors (Lipinski definition) is 6. The molecule has 1 aliphatic carbocycles. The van der Waals surface area contributed by atoms with Crippen molar-refractivity contribution in [1.29, 1.82) is 0 Å². The summed E-state index contributed by atoms with van der Waals surface area (Å²) >= 11 is 0. The maximum Gasteiger partial charge on any atom is 0.423 e. The maximum absolute atomic E-state index is 13.3. The van der Waals surface area contributed by atoms with Gasteiger partial charge in [0.15, 0.2) is 0 Å². The number of fused-ring (bicyclic) bond motifs is 1. The molecule has 0 spiro atoms. The van der Waals surface area contributed by atoms with Crippen LogP contribution >= 0.6 is 0 Å². The summed E-state index contributed by atoms with van der Waals surface area (Å²) in [6.45, 7) is 0.512. The summed E-state index contributed by atoms with van der Waals surface area (Å²) in [4.78, 5) is 16.0. The number of para-hydroxylation sites is 2. The summed E-state index contributed by atoms with van der Waals surface area (Å²) in [7, 11) is 0. The van der Waals surface area contributed by atoms with Crippen LogP contribution in [-0.2, 0) is 10.9 Å². The summed E-state index contributed by atoms with van der Waals surface area (Å²) in [5.41, 5.74) is 0.953. The Morgan fingerprint density at radius 3 is 2.71 bits per heavy atom. The van der Waals surface area contributed by atoms with Gasteiger partial charge in [0.1, 0.15) is 17.5 Å². The first-order valence-corrected chi connectivity index (χ1v) is 10.4. The highest BCUT2D eigenvalue weighted by molar-refractivity contribution is 5.74. The lowest BCUT2D eigenvalue weighted by Gasteiger charge is -2.29. The highest BCUT2D eigenvalue weighted by Gasteiger charge is 2.38. The van der Waals surface area contributed by atoms with Gasteiger partial charge in [0.25, 0.3) is 0 Å². The quantitative estimate of drug-likeness (QED) is 0.625. The van der Waals surface area contributed by atoms with Crippen molar-refractivity contribution in [2.24, 2.45) is 0 Å². The first-order valence-electron chi connectivity index (χ1n) is 10.4. The van der Waals surface area contributed by atoms with Gasteiger partial charge < -0.3 is 19.8 Å². The Balaban J connectivity index is 1.32. The standard InChI is InChI=1S/C21H22F3N5O2/c22-21(23,24)15-9-25-20(29-19(15)31-14-10-30-11-14)26-13-5-3-4-12(8-13)18-27-16-6-1-2-7-17(16)28-18/h1-2,6-7,9,12-14H,3-5,8,10-11H2,(H,27,28)(H,25,26,29)/t12-,13+/m0/s1. The maximum atomic E-state index is 13.3. The van der Waals surface area contributed by atoms with E-state index in [2.05, 4.69) is 20.3 Å². The molecule has 2 aromatic heterocycles. The molecule has 1 aromatic carbocycles. The van der Waals surface area contributed by atoms with E-state index in [0.717, 1.165) is 48.7 Å². The number of rotatable bonds is 5. The lowest BCUT2D eigenvalue weighted by Crippen LogP contribution is -2.39. The van der Waals surface area contributed by atoms with Gasteiger partial charge in [-0.3, -0.25) is 0 Å². The zero-order chi connectivity index (χ0) is 21.4. The van der Waals surface area contributed by atoms with E-state index in [1.807, 2.05) is 24.3 Å². The van der Waals surface area contributed by atoms with Gasteiger partial charge in [-0.1, -0.05) is 18.6 Å². The van der Waals surface area contributed by atoms with Crippen LogP contribution in [0.1, 0.15) is 43.0 Å². The highest BCUT2D eigenvalue weighted by atomic mass is 19.4. The lowest BCUT2D eigenvalue weighted by atomic mass is 9.85. The van der Waals surface area contributed by atoms with Crippen LogP contribution in [0.4, 0.5) is 19.1 Å². The third-order valence-electron chi connectivity index (χ3n) is 5.75. The number of alkyl halides is 3. The van der Waals surface area contributed by atoms with E-state index in [4.69, 9.17) is 14.5 Å². The second-order valence-electron chi connectivity index (χ2n) is 8.03. The Morgan fingerprint density at radius 1 is 1.13 bits per heavy atom. The van der Waals surface area contributed by atoms with Crippen molar-refractivity contribution in [3.05, 3.63) is 41.9 Å². The summed E-state index contributed by atoms with van der Waals surface area (Å²) in [5, 5.41) is 3.20. The van der Waals surface area contributed by atoms with E-state index < -0.39 is 23.7 Å². The summed E-state index contributed by atoms with van der Waals surface area (Å²) < 4.78 is 50.3. The number of nitrogens with zero attached hydrogens (tertiary/aromatic N) is 3. The Morgan fingerprint density at radius 2 is 1.97 bits per heavy atom. The van der Waals surface area contributed by atoms with Crippen LogP contribution in [0.2, 0.25) is 0 Å². The molecule has 3 aromatic rings. The number of aromatic amines is 1. The first kappa shape index (κ1) is 20.0. The van der Waals surface area contributed by atoms with Crippen LogP contribution in [0.3, 0.4) is 0 Å². The van der Waals surface area contributed by atoms with E-state index >= 15 is 0 Å². The fourth-order valence-corrected chi connectivity index (χ4v) is 4.08. The molecule has 2 fully saturated rings. The monoisotopic (exact) mass is 433 g/mol. The van der Waals surface area contributed by atoms with E-state index in [1.54, 1.807) is 0 Å². The third kappa shape index (κ3) is 4.30. The number of H-pyrrole nitrogens is 1. The lowest BCUT2D eigenvalue weighted by molar-refractivity contribution is -0.142. The molecule has 1 saturated carbocycles. The average molecular weight is 433 g/mol. The minimum absolute atomic E-state index is 0.0311. The molecule has 164 valence electrons. The summed E-state index contributed by atoms with van der Waals surface area (Å²) in [6.07, 6.45) is -0.578. The Bertz CT molecular complexity index is 1030. The van der Waals surface area contributed by atoms with E-state index in [9.17, 15) is 13.2 Å². The van der Waals surface area contributed by atoms with Crippen LogP contribution < -0.4 is 10.1 Å². The summed E-state index contributed by atoms with van der Waals surface area (Å²) in [5.74, 6) is 0.854. The second-order valence-corrected chi connectivity index (χ2v) is 8.03. The molecule has 0 unspecified atom stereocenters. The van der Waals surface area contributed by atoms with Crippen molar-refractivity contribution in [3.8, 4) is 5.88 Å². The van der Waals surface area contributed by atoms with Gasteiger partial charge in [-0.15, -0.1) is 0 Å². The molecule has 2 atom stereocenters. The number of benzene rings is 1. The van der Waals surface area contributed by atoms with Gasteiger partial charge >= 0.3 is 6.18 Å². The smallest absolute Gasteiger partial charge is 0.423 e. The number of aromatic nitrogens is 4. The van der Waals surface area contributed by atoms with Crippen molar-refractivity contribution in [1.82, 2.24) is 19.9 Å². The number of anilines is 1. The largest absolute Gasteiger partial charge is 0.469 e. The fourth-order valence-electron chi connectivity index (χ4n) is 4.08. The van der Waals surface area contributed by atoms with Gasteiger partial charge in [0.2, 0.25) is 11.8 Å². The topological polar surface area (TPSA) is 85.0 Å². The molecular weight excluding hydrogens is 411 g/mol. The highest BCUT2D eigenvalue weighted by Crippen LogP contribution is 2.37. The van der Waals surface area contributed by atoms with E-state index in [0.29, 0.717) is 0 Å². The normalized spacial score (nSPS) is 22.3. The Hall–Kier alpha value is -2.88. The van der Waals surface area contributed by atoms with E-state index in [-0.39, 0.29) is 31.1 Å². The fraction of sp³-hybridized carbons (Fsp3) is 0.476. The molecular formula is C21H22F3N5O2. The van der Waals surface area contributed by atoms with Crippen LogP contribution in [-0.4, -0.2) is 45.3 Å². The SMILES string of the molecule is FC(F)(F)c1cnc(N[C@@H]2CCC[C@H](c3nc4ccccc4[nH]3)C2)nc1OC1COC1. The molecule has 1 aliphatic heterocycles. The molecule has 5 rings (SSSR count). The number of nitrogens with one attached hydrogen (secondary N) is 2. The van der Waals surface area contributed by atoms with Crippen molar-refractivity contribution < 1.29 is 22.6 Å². The Kier molecular flexibility index (Phi) is 5.17. The van der Waals surface area contributed by atoms with Crippen molar-refractivity contribution in [2.45, 2.75) is 49.9 Å². The molecule has 7 nitrogen and oxygen atoms in total. The molecule has 2 aliphatic rings.